The summed E-state index contributed by atoms with van der Waals surface area (Å²) < 4.78 is 5.57. The van der Waals surface area contributed by atoms with E-state index in [1.165, 1.54) is 11.1 Å². The predicted molar refractivity (Wildman–Crippen MR) is 126 cm³/mol. The molecule has 0 radical (unpaired) electrons. The average molecular weight is 463 g/mol. The van der Waals surface area contributed by atoms with Crippen molar-refractivity contribution in [2.45, 2.75) is 44.1 Å². The summed E-state index contributed by atoms with van der Waals surface area (Å²) in [7, 11) is 0. The molecule has 0 unspecified atom stereocenters. The zero-order chi connectivity index (χ0) is 23.7. The molecule has 34 heavy (non-hydrogen) atoms. The number of amides is 2. The zero-order valence-corrected chi connectivity index (χ0v) is 19.1. The van der Waals surface area contributed by atoms with Crippen molar-refractivity contribution in [3.8, 4) is 11.1 Å². The average Bonchev–Trinajstić information content (AvgIpc) is 3.27. The minimum atomic E-state index is -0.978. The summed E-state index contributed by atoms with van der Waals surface area (Å²) in [5, 5.41) is 12.0. The summed E-state index contributed by atoms with van der Waals surface area (Å²) in [4.78, 5) is 38.2. The predicted octanol–water partition coefficient (Wildman–Crippen LogP) is 4.02. The normalized spacial score (nSPS) is 20.9. The molecule has 3 aliphatic rings. The maximum atomic E-state index is 12.9. The molecule has 5 rings (SSSR count). The number of carbonyl (C=O) groups excluding carboxylic acids is 2. The highest BCUT2D eigenvalue weighted by atomic mass is 16.5. The van der Waals surface area contributed by atoms with Crippen LogP contribution in [0.15, 0.2) is 48.5 Å². The van der Waals surface area contributed by atoms with Gasteiger partial charge in [0.05, 0.1) is 0 Å². The molecule has 2 N–H and O–H groups in total. The van der Waals surface area contributed by atoms with E-state index in [0.717, 1.165) is 36.8 Å². The van der Waals surface area contributed by atoms with Gasteiger partial charge in [-0.1, -0.05) is 61.4 Å². The van der Waals surface area contributed by atoms with E-state index in [0.29, 0.717) is 13.0 Å². The molecule has 0 bridgehead atoms. The highest BCUT2D eigenvalue weighted by molar-refractivity contribution is 5.85. The first-order valence-electron chi connectivity index (χ1n) is 12.1. The summed E-state index contributed by atoms with van der Waals surface area (Å²) in [6, 6.07) is 16.4. The number of carboxylic acid groups (broad SMARTS) is 1. The van der Waals surface area contributed by atoms with Crippen molar-refractivity contribution in [3.63, 3.8) is 0 Å². The Hall–Kier alpha value is -3.35. The van der Waals surface area contributed by atoms with E-state index in [2.05, 4.69) is 29.6 Å². The molecule has 0 aliphatic heterocycles. The number of hydrogen-bond acceptors (Lipinski definition) is 4. The van der Waals surface area contributed by atoms with E-state index in [1.54, 1.807) is 4.90 Å². The van der Waals surface area contributed by atoms with E-state index in [-0.39, 0.29) is 42.9 Å². The zero-order valence-electron chi connectivity index (χ0n) is 19.1. The molecule has 0 spiro atoms. The van der Waals surface area contributed by atoms with Gasteiger partial charge in [-0.25, -0.2) is 4.79 Å². The Bertz CT molecular complexity index is 1050. The number of carboxylic acids is 1. The number of nitrogens with zero attached hydrogens (tertiary/aromatic N) is 1. The van der Waals surface area contributed by atoms with Crippen LogP contribution in [0.4, 0.5) is 4.79 Å². The van der Waals surface area contributed by atoms with Gasteiger partial charge < -0.3 is 20.1 Å². The summed E-state index contributed by atoms with van der Waals surface area (Å²) in [5.41, 5.74) is 4.68. The molecule has 2 atom stereocenters. The van der Waals surface area contributed by atoms with E-state index >= 15 is 0 Å². The SMILES string of the molecule is O=C(O)CN(C(=O)[C@H]1C[C@H]1CNC(=O)OCC1c2ccccc2-c2ccccc21)C1CCCC1. The lowest BCUT2D eigenvalue weighted by Crippen LogP contribution is -2.43. The largest absolute Gasteiger partial charge is 0.480 e. The first kappa shape index (κ1) is 22.4. The molecule has 2 aromatic carbocycles. The minimum Gasteiger partial charge on any atom is -0.480 e. The number of aliphatic carboxylic acids is 1. The van der Waals surface area contributed by atoms with Crippen molar-refractivity contribution < 1.29 is 24.2 Å². The summed E-state index contributed by atoms with van der Waals surface area (Å²) in [5.74, 6) is -1.24. The maximum absolute atomic E-state index is 12.9. The lowest BCUT2D eigenvalue weighted by atomic mass is 9.98. The van der Waals surface area contributed by atoms with Crippen LogP contribution < -0.4 is 5.32 Å². The van der Waals surface area contributed by atoms with Crippen LogP contribution in [0.2, 0.25) is 0 Å². The maximum Gasteiger partial charge on any atom is 0.407 e. The third kappa shape index (κ3) is 4.52. The molecular weight excluding hydrogens is 432 g/mol. The van der Waals surface area contributed by atoms with Gasteiger partial charge in [0.15, 0.2) is 0 Å². The lowest BCUT2D eigenvalue weighted by Gasteiger charge is -2.27. The fourth-order valence-corrected chi connectivity index (χ4v) is 5.60. The topological polar surface area (TPSA) is 95.9 Å². The number of benzene rings is 2. The quantitative estimate of drug-likeness (QED) is 0.618. The molecule has 3 aliphatic carbocycles. The lowest BCUT2D eigenvalue weighted by molar-refractivity contribution is -0.147. The molecule has 0 saturated heterocycles. The molecule has 2 aromatic rings. The van der Waals surface area contributed by atoms with Gasteiger partial charge in [-0.3, -0.25) is 9.59 Å². The van der Waals surface area contributed by atoms with Gasteiger partial charge in [0.1, 0.15) is 13.2 Å². The number of alkyl carbamates (subject to hydrolysis) is 1. The number of hydrogen-bond donors (Lipinski definition) is 2. The van der Waals surface area contributed by atoms with Crippen molar-refractivity contribution in [1.29, 1.82) is 0 Å². The third-order valence-electron chi connectivity index (χ3n) is 7.45. The van der Waals surface area contributed by atoms with Gasteiger partial charge in [-0.2, -0.15) is 0 Å². The van der Waals surface area contributed by atoms with Crippen LogP contribution >= 0.6 is 0 Å². The third-order valence-corrected chi connectivity index (χ3v) is 7.45. The fourth-order valence-electron chi connectivity index (χ4n) is 5.60. The molecule has 2 saturated carbocycles. The van der Waals surface area contributed by atoms with Crippen LogP contribution in [-0.4, -0.2) is 53.7 Å². The van der Waals surface area contributed by atoms with Crippen LogP contribution in [0.1, 0.15) is 49.1 Å². The Morgan fingerprint density at radius 3 is 2.21 bits per heavy atom. The van der Waals surface area contributed by atoms with Crippen molar-refractivity contribution in [2.75, 3.05) is 19.7 Å². The first-order chi connectivity index (χ1) is 16.5. The highest BCUT2D eigenvalue weighted by Crippen LogP contribution is 2.44. The highest BCUT2D eigenvalue weighted by Gasteiger charge is 2.46. The number of nitrogens with one attached hydrogen (secondary N) is 1. The standard InChI is InChI=1S/C27H30N2O5/c30-25(31)15-29(18-7-1-2-8-18)26(32)23-13-17(23)14-28-27(33)34-16-24-21-11-5-3-9-19(21)20-10-4-6-12-22(20)24/h3-6,9-12,17-18,23-24H,1-2,7-8,13-16H2,(H,28,33)(H,30,31)/t17-,23-/m0/s1. The van der Waals surface area contributed by atoms with Crippen LogP contribution in [0, 0.1) is 11.8 Å². The number of fused-ring (bicyclic) bond motifs is 3. The Labute approximate surface area is 199 Å². The Morgan fingerprint density at radius 1 is 0.971 bits per heavy atom. The number of carbonyl (C=O) groups is 3. The Kier molecular flexibility index (Phi) is 6.26. The van der Waals surface area contributed by atoms with E-state index in [9.17, 15) is 19.5 Å². The van der Waals surface area contributed by atoms with Gasteiger partial charge in [-0.15, -0.1) is 0 Å². The molecule has 0 heterocycles. The van der Waals surface area contributed by atoms with Crippen molar-refractivity contribution >= 4 is 18.0 Å². The second-order valence-electron chi connectivity index (χ2n) is 9.61. The fraction of sp³-hybridized carbons (Fsp3) is 0.444. The van der Waals surface area contributed by atoms with Gasteiger partial charge in [0.2, 0.25) is 5.91 Å². The van der Waals surface area contributed by atoms with E-state index in [4.69, 9.17) is 4.74 Å². The minimum absolute atomic E-state index is 0.00406. The van der Waals surface area contributed by atoms with Gasteiger partial charge in [-0.05, 0) is 47.4 Å². The second kappa shape index (κ2) is 9.49. The van der Waals surface area contributed by atoms with Crippen molar-refractivity contribution in [2.24, 2.45) is 11.8 Å². The molecule has 7 nitrogen and oxygen atoms in total. The number of ether oxygens (including phenoxy) is 1. The second-order valence-corrected chi connectivity index (χ2v) is 9.61. The smallest absolute Gasteiger partial charge is 0.407 e. The van der Waals surface area contributed by atoms with Crippen LogP contribution in [0.3, 0.4) is 0 Å². The van der Waals surface area contributed by atoms with Crippen LogP contribution in [0.25, 0.3) is 11.1 Å². The Balaban J connectivity index is 1.12. The number of rotatable bonds is 8. The van der Waals surface area contributed by atoms with Crippen LogP contribution in [0.5, 0.6) is 0 Å². The molecule has 2 fully saturated rings. The molecular formula is C27H30N2O5. The molecule has 0 aromatic heterocycles. The van der Waals surface area contributed by atoms with Crippen LogP contribution in [-0.2, 0) is 14.3 Å². The van der Waals surface area contributed by atoms with Gasteiger partial charge >= 0.3 is 12.1 Å². The van der Waals surface area contributed by atoms with Gasteiger partial charge in [0.25, 0.3) is 0 Å². The summed E-state index contributed by atoms with van der Waals surface area (Å²) in [6.45, 7) is 0.367. The first-order valence-corrected chi connectivity index (χ1v) is 12.1. The Morgan fingerprint density at radius 2 is 1.59 bits per heavy atom. The van der Waals surface area contributed by atoms with Crippen molar-refractivity contribution in [1.82, 2.24) is 10.2 Å². The van der Waals surface area contributed by atoms with Crippen molar-refractivity contribution in [3.05, 3.63) is 59.7 Å². The summed E-state index contributed by atoms with van der Waals surface area (Å²) >= 11 is 0. The van der Waals surface area contributed by atoms with E-state index < -0.39 is 12.1 Å². The molecule has 2 amide bonds. The van der Waals surface area contributed by atoms with Gasteiger partial charge in [0, 0.05) is 24.4 Å². The molecule has 178 valence electrons. The van der Waals surface area contributed by atoms with E-state index in [1.807, 2.05) is 24.3 Å². The monoisotopic (exact) mass is 462 g/mol. The summed E-state index contributed by atoms with van der Waals surface area (Å²) in [6.07, 6.45) is 3.99. The molecule has 7 heteroatoms.